The van der Waals surface area contributed by atoms with Crippen molar-refractivity contribution in [1.29, 1.82) is 0 Å². The maximum atomic E-state index is 12.7. The van der Waals surface area contributed by atoms with Crippen molar-refractivity contribution >= 4 is 16.8 Å². The van der Waals surface area contributed by atoms with E-state index in [0.29, 0.717) is 19.5 Å². The van der Waals surface area contributed by atoms with Gasteiger partial charge in [-0.05, 0) is 30.2 Å². The number of aromatic amines is 1. The third-order valence-electron chi connectivity index (χ3n) is 4.77. The highest BCUT2D eigenvalue weighted by atomic mass is 16.3. The number of phenolic OH excluding ortho intramolecular Hbond substituents is 3. The number of rotatable bonds is 1. The van der Waals surface area contributed by atoms with Gasteiger partial charge in [-0.25, -0.2) is 0 Å². The van der Waals surface area contributed by atoms with E-state index >= 15 is 0 Å². The van der Waals surface area contributed by atoms with Gasteiger partial charge in [0.15, 0.2) is 17.2 Å². The summed E-state index contributed by atoms with van der Waals surface area (Å²) in [6.07, 6.45) is 1.45. The van der Waals surface area contributed by atoms with Crippen molar-refractivity contribution in [3.8, 4) is 17.2 Å². The van der Waals surface area contributed by atoms with Crippen LogP contribution in [0.15, 0.2) is 36.4 Å². The first-order valence-corrected chi connectivity index (χ1v) is 8.17. The molecule has 1 aliphatic rings. The highest BCUT2D eigenvalue weighted by Gasteiger charge is 2.23. The highest BCUT2D eigenvalue weighted by Crippen LogP contribution is 2.36. The first kappa shape index (κ1) is 15.4. The molecule has 0 saturated heterocycles. The zero-order valence-corrected chi connectivity index (χ0v) is 13.5. The average Bonchev–Trinajstić information content (AvgIpc) is 2.83. The summed E-state index contributed by atoms with van der Waals surface area (Å²) in [7, 11) is 0. The molecule has 0 saturated carbocycles. The number of para-hydroxylation sites is 1. The lowest BCUT2D eigenvalue weighted by Crippen LogP contribution is -2.33. The minimum Gasteiger partial charge on any atom is -0.504 e. The van der Waals surface area contributed by atoms with Gasteiger partial charge in [-0.3, -0.25) is 4.79 Å². The fraction of sp³-hybridized carbons (Fsp3) is 0.211. The molecule has 0 unspecified atom stereocenters. The number of H-pyrrole nitrogens is 1. The largest absolute Gasteiger partial charge is 0.504 e. The molecular weight excluding hydrogens is 320 g/mol. The van der Waals surface area contributed by atoms with Crippen molar-refractivity contribution in [3.05, 3.63) is 53.2 Å². The van der Waals surface area contributed by atoms with Gasteiger partial charge >= 0.3 is 0 Å². The molecule has 0 fully saturated rings. The molecular formula is C19H18N2O4. The van der Waals surface area contributed by atoms with Crippen LogP contribution in [-0.4, -0.2) is 44.2 Å². The van der Waals surface area contributed by atoms with Crippen LogP contribution in [0.4, 0.5) is 0 Å². The summed E-state index contributed by atoms with van der Waals surface area (Å²) in [5, 5.41) is 29.9. The fourth-order valence-electron chi connectivity index (χ4n) is 3.47. The Balaban J connectivity index is 1.60. The molecule has 1 aromatic heterocycles. The van der Waals surface area contributed by atoms with E-state index in [9.17, 15) is 20.1 Å². The SMILES string of the molecule is O=C(c1cc(O)c(O)c(O)c1)N1CCc2[nH]c3ccccc3c2CC1. The molecule has 128 valence electrons. The van der Waals surface area contributed by atoms with Gasteiger partial charge in [0, 0.05) is 41.7 Å². The van der Waals surface area contributed by atoms with E-state index in [1.807, 2.05) is 12.1 Å². The average molecular weight is 338 g/mol. The van der Waals surface area contributed by atoms with E-state index in [-0.39, 0.29) is 11.5 Å². The van der Waals surface area contributed by atoms with Crippen LogP contribution < -0.4 is 0 Å². The predicted molar refractivity (Wildman–Crippen MR) is 93.0 cm³/mol. The lowest BCUT2D eigenvalue weighted by molar-refractivity contribution is 0.0762. The van der Waals surface area contributed by atoms with E-state index in [1.54, 1.807) is 4.90 Å². The first-order valence-electron chi connectivity index (χ1n) is 8.17. The zero-order chi connectivity index (χ0) is 17.6. The number of aromatic nitrogens is 1. The van der Waals surface area contributed by atoms with Gasteiger partial charge < -0.3 is 25.2 Å². The molecule has 0 spiro atoms. The number of carbonyl (C=O) groups is 1. The first-order chi connectivity index (χ1) is 12.0. The smallest absolute Gasteiger partial charge is 0.254 e. The summed E-state index contributed by atoms with van der Waals surface area (Å²) in [6, 6.07) is 10.5. The van der Waals surface area contributed by atoms with Gasteiger partial charge in [-0.15, -0.1) is 0 Å². The van der Waals surface area contributed by atoms with Crippen LogP contribution >= 0.6 is 0 Å². The lowest BCUT2D eigenvalue weighted by atomic mass is 10.1. The minimum absolute atomic E-state index is 0.156. The fourth-order valence-corrected chi connectivity index (χ4v) is 3.47. The molecule has 25 heavy (non-hydrogen) atoms. The Morgan fingerprint density at radius 3 is 2.44 bits per heavy atom. The summed E-state index contributed by atoms with van der Waals surface area (Å²) in [6.45, 7) is 1.09. The zero-order valence-electron chi connectivity index (χ0n) is 13.5. The van der Waals surface area contributed by atoms with E-state index in [0.717, 1.165) is 17.6 Å². The second-order valence-corrected chi connectivity index (χ2v) is 6.28. The van der Waals surface area contributed by atoms with Crippen LogP contribution in [0, 0.1) is 0 Å². The summed E-state index contributed by atoms with van der Waals surface area (Å²) in [4.78, 5) is 17.8. The van der Waals surface area contributed by atoms with Gasteiger partial charge in [0.05, 0.1) is 0 Å². The Labute approximate surface area is 144 Å². The molecule has 0 bridgehead atoms. The lowest BCUT2D eigenvalue weighted by Gasteiger charge is -2.20. The molecule has 0 atom stereocenters. The number of carbonyl (C=O) groups excluding carboxylic acids is 1. The van der Waals surface area contributed by atoms with Crippen LogP contribution in [-0.2, 0) is 12.8 Å². The quantitative estimate of drug-likeness (QED) is 0.513. The molecule has 4 rings (SSSR count). The molecule has 1 amide bonds. The van der Waals surface area contributed by atoms with Crippen LogP contribution in [0.2, 0.25) is 0 Å². The van der Waals surface area contributed by atoms with E-state index in [2.05, 4.69) is 17.1 Å². The van der Waals surface area contributed by atoms with Gasteiger partial charge in [0.25, 0.3) is 5.91 Å². The van der Waals surface area contributed by atoms with E-state index in [1.165, 1.54) is 23.1 Å². The summed E-state index contributed by atoms with van der Waals surface area (Å²) >= 11 is 0. The Kier molecular flexibility index (Phi) is 3.53. The maximum Gasteiger partial charge on any atom is 0.254 e. The van der Waals surface area contributed by atoms with Crippen LogP contribution in [0.1, 0.15) is 21.6 Å². The number of aromatic hydroxyl groups is 3. The van der Waals surface area contributed by atoms with Crippen LogP contribution in [0.25, 0.3) is 10.9 Å². The Morgan fingerprint density at radius 2 is 1.68 bits per heavy atom. The number of nitrogens with zero attached hydrogens (tertiary/aromatic N) is 1. The van der Waals surface area contributed by atoms with Crippen molar-refractivity contribution < 1.29 is 20.1 Å². The molecule has 6 heteroatoms. The molecule has 0 radical (unpaired) electrons. The molecule has 6 nitrogen and oxygen atoms in total. The van der Waals surface area contributed by atoms with Crippen molar-refractivity contribution in [3.63, 3.8) is 0 Å². The summed E-state index contributed by atoms with van der Waals surface area (Å²) in [5.41, 5.74) is 3.65. The van der Waals surface area contributed by atoms with Crippen LogP contribution in [0.3, 0.4) is 0 Å². The third kappa shape index (κ3) is 2.55. The normalized spacial score (nSPS) is 14.3. The molecule has 4 N–H and O–H groups in total. The maximum absolute atomic E-state index is 12.7. The van der Waals surface area contributed by atoms with Crippen LogP contribution in [0.5, 0.6) is 17.2 Å². The van der Waals surface area contributed by atoms with Gasteiger partial charge in [-0.1, -0.05) is 18.2 Å². The number of benzene rings is 2. The Bertz CT molecular complexity index is 954. The third-order valence-corrected chi connectivity index (χ3v) is 4.77. The summed E-state index contributed by atoms with van der Waals surface area (Å²) < 4.78 is 0. The molecule has 1 aliphatic heterocycles. The van der Waals surface area contributed by atoms with Gasteiger partial charge in [0.1, 0.15) is 0 Å². The van der Waals surface area contributed by atoms with E-state index < -0.39 is 17.2 Å². The Morgan fingerprint density at radius 1 is 1.00 bits per heavy atom. The number of hydrogen-bond acceptors (Lipinski definition) is 4. The van der Waals surface area contributed by atoms with Gasteiger partial charge in [-0.2, -0.15) is 0 Å². The summed E-state index contributed by atoms with van der Waals surface area (Å²) in [5.74, 6) is -1.90. The van der Waals surface area contributed by atoms with Crippen molar-refractivity contribution in [2.24, 2.45) is 0 Å². The predicted octanol–water partition coefficient (Wildman–Crippen LogP) is 2.53. The van der Waals surface area contributed by atoms with E-state index in [4.69, 9.17) is 0 Å². The van der Waals surface area contributed by atoms with Crippen molar-refractivity contribution in [2.75, 3.05) is 13.1 Å². The molecule has 0 aliphatic carbocycles. The molecule has 2 heterocycles. The number of fused-ring (bicyclic) bond motifs is 3. The van der Waals surface area contributed by atoms with Crippen molar-refractivity contribution in [2.45, 2.75) is 12.8 Å². The monoisotopic (exact) mass is 338 g/mol. The molecule has 3 aromatic rings. The highest BCUT2D eigenvalue weighted by molar-refractivity contribution is 5.95. The standard InChI is InChI=1S/C19H18N2O4/c22-16-9-11(10-17(23)18(16)24)19(25)21-7-5-13-12-3-1-2-4-14(12)20-15(13)6-8-21/h1-4,9-10,20,22-24H,5-8H2. The van der Waals surface area contributed by atoms with Gasteiger partial charge in [0.2, 0.25) is 0 Å². The second-order valence-electron chi connectivity index (χ2n) is 6.28. The topological polar surface area (TPSA) is 96.8 Å². The number of amides is 1. The number of hydrogen-bond donors (Lipinski definition) is 4. The Hall–Kier alpha value is -3.15. The minimum atomic E-state index is -0.617. The number of nitrogens with one attached hydrogen (secondary N) is 1. The second kappa shape index (κ2) is 5.73. The van der Waals surface area contributed by atoms with Crippen molar-refractivity contribution in [1.82, 2.24) is 9.88 Å². The number of phenols is 3. The molecule has 2 aromatic carbocycles.